The van der Waals surface area contributed by atoms with Gasteiger partial charge in [-0.2, -0.15) is 0 Å². The lowest BCUT2D eigenvalue weighted by Gasteiger charge is -2.18. The smallest absolute Gasteiger partial charge is 0.340 e. The fourth-order valence-corrected chi connectivity index (χ4v) is 3.67. The van der Waals surface area contributed by atoms with E-state index >= 15 is 0 Å². The summed E-state index contributed by atoms with van der Waals surface area (Å²) >= 11 is 12.2. The van der Waals surface area contributed by atoms with E-state index in [9.17, 15) is 9.59 Å². The van der Waals surface area contributed by atoms with Gasteiger partial charge in [0.25, 0.3) is 5.91 Å². The SMILES string of the molecule is CCOc1ccc(/C=C2\C(=O)N(c3cc(Cl)cc(Cl)c3)C(C)=C2C(=O)OC)cc1. The molecule has 150 valence electrons. The van der Waals surface area contributed by atoms with Crippen molar-refractivity contribution in [3.63, 3.8) is 0 Å². The van der Waals surface area contributed by atoms with Gasteiger partial charge in [0, 0.05) is 15.7 Å². The summed E-state index contributed by atoms with van der Waals surface area (Å²) in [5.41, 5.74) is 2.09. The highest BCUT2D eigenvalue weighted by Crippen LogP contribution is 2.37. The van der Waals surface area contributed by atoms with Crippen LogP contribution in [-0.2, 0) is 14.3 Å². The summed E-state index contributed by atoms with van der Waals surface area (Å²) in [4.78, 5) is 27.1. The third-order valence-corrected chi connectivity index (χ3v) is 4.83. The molecule has 0 radical (unpaired) electrons. The summed E-state index contributed by atoms with van der Waals surface area (Å²) in [6.45, 7) is 4.14. The number of allylic oxidation sites excluding steroid dienone is 1. The first-order chi connectivity index (χ1) is 13.8. The maximum Gasteiger partial charge on any atom is 0.340 e. The molecule has 7 heteroatoms. The zero-order valence-electron chi connectivity index (χ0n) is 16.2. The van der Waals surface area contributed by atoms with E-state index in [-0.39, 0.29) is 17.1 Å². The van der Waals surface area contributed by atoms with Gasteiger partial charge in [0.05, 0.1) is 30.6 Å². The predicted molar refractivity (Wildman–Crippen MR) is 114 cm³/mol. The second-order valence-corrected chi connectivity index (χ2v) is 7.15. The Hall–Kier alpha value is -2.76. The third kappa shape index (κ3) is 4.31. The van der Waals surface area contributed by atoms with Crippen molar-refractivity contribution in [2.24, 2.45) is 0 Å². The lowest BCUT2D eigenvalue weighted by molar-refractivity contribution is -0.136. The highest BCUT2D eigenvalue weighted by molar-refractivity contribution is 6.35. The zero-order valence-corrected chi connectivity index (χ0v) is 17.7. The van der Waals surface area contributed by atoms with Crippen molar-refractivity contribution >= 4 is 46.8 Å². The van der Waals surface area contributed by atoms with E-state index in [0.29, 0.717) is 28.0 Å². The number of rotatable bonds is 5. The second kappa shape index (κ2) is 8.72. The number of ether oxygens (including phenoxy) is 2. The molecule has 2 aromatic carbocycles. The molecule has 0 saturated carbocycles. The topological polar surface area (TPSA) is 55.8 Å². The quantitative estimate of drug-likeness (QED) is 0.477. The summed E-state index contributed by atoms with van der Waals surface area (Å²) in [7, 11) is 1.28. The van der Waals surface area contributed by atoms with E-state index in [4.69, 9.17) is 32.7 Å². The molecule has 3 rings (SSSR count). The van der Waals surface area contributed by atoms with Gasteiger partial charge in [-0.15, -0.1) is 0 Å². The predicted octanol–water partition coefficient (Wildman–Crippen LogP) is 5.27. The number of benzene rings is 2. The number of carbonyl (C=O) groups is 2. The van der Waals surface area contributed by atoms with E-state index in [1.165, 1.54) is 12.0 Å². The average molecular weight is 432 g/mol. The van der Waals surface area contributed by atoms with Crippen LogP contribution < -0.4 is 9.64 Å². The molecule has 0 atom stereocenters. The van der Waals surface area contributed by atoms with Crippen molar-refractivity contribution in [2.75, 3.05) is 18.6 Å². The highest BCUT2D eigenvalue weighted by atomic mass is 35.5. The van der Waals surface area contributed by atoms with Crippen molar-refractivity contribution in [3.8, 4) is 5.75 Å². The number of carbonyl (C=O) groups excluding carboxylic acids is 2. The van der Waals surface area contributed by atoms with E-state index in [1.807, 2.05) is 19.1 Å². The van der Waals surface area contributed by atoms with Crippen LogP contribution in [0.5, 0.6) is 5.75 Å². The molecule has 0 spiro atoms. The molecule has 1 amide bonds. The van der Waals surface area contributed by atoms with Crippen LogP contribution in [0.3, 0.4) is 0 Å². The first-order valence-electron chi connectivity index (χ1n) is 8.90. The molecule has 1 heterocycles. The number of nitrogens with zero attached hydrogens (tertiary/aromatic N) is 1. The molecule has 0 unspecified atom stereocenters. The van der Waals surface area contributed by atoms with Crippen LogP contribution in [0.2, 0.25) is 10.0 Å². The minimum Gasteiger partial charge on any atom is -0.494 e. The Morgan fingerprint density at radius 3 is 2.28 bits per heavy atom. The maximum absolute atomic E-state index is 13.2. The molecule has 5 nitrogen and oxygen atoms in total. The Labute approximate surface area is 179 Å². The minimum atomic E-state index is -0.594. The largest absolute Gasteiger partial charge is 0.494 e. The number of halogens is 2. The van der Waals surface area contributed by atoms with Crippen LogP contribution in [0.25, 0.3) is 6.08 Å². The molecule has 29 heavy (non-hydrogen) atoms. The Morgan fingerprint density at radius 1 is 1.10 bits per heavy atom. The maximum atomic E-state index is 13.2. The van der Waals surface area contributed by atoms with Crippen molar-refractivity contribution in [1.29, 1.82) is 0 Å². The Balaban J connectivity index is 2.08. The van der Waals surface area contributed by atoms with Gasteiger partial charge in [-0.3, -0.25) is 9.69 Å². The highest BCUT2D eigenvalue weighted by Gasteiger charge is 2.38. The first-order valence-corrected chi connectivity index (χ1v) is 9.66. The third-order valence-electron chi connectivity index (χ3n) is 4.40. The lowest BCUT2D eigenvalue weighted by atomic mass is 10.0. The van der Waals surface area contributed by atoms with Gasteiger partial charge in [-0.05, 0) is 55.8 Å². The van der Waals surface area contributed by atoms with Crippen LogP contribution in [0.4, 0.5) is 5.69 Å². The summed E-state index contributed by atoms with van der Waals surface area (Å²) in [6, 6.07) is 12.0. The summed E-state index contributed by atoms with van der Waals surface area (Å²) in [5.74, 6) is -0.235. The molecule has 0 N–H and O–H groups in total. The fourth-order valence-electron chi connectivity index (χ4n) is 3.15. The number of methoxy groups -OCH3 is 1. The van der Waals surface area contributed by atoms with Gasteiger partial charge in [-0.25, -0.2) is 4.79 Å². The zero-order chi connectivity index (χ0) is 21.1. The normalized spacial score (nSPS) is 15.3. The molecule has 0 bridgehead atoms. The Morgan fingerprint density at radius 2 is 1.72 bits per heavy atom. The molecular weight excluding hydrogens is 413 g/mol. The summed E-state index contributed by atoms with van der Waals surface area (Å²) in [5, 5.41) is 0.772. The van der Waals surface area contributed by atoms with Crippen molar-refractivity contribution < 1.29 is 19.1 Å². The molecule has 0 fully saturated rings. The molecular formula is C22H19Cl2NO4. The minimum absolute atomic E-state index is 0.197. The van der Waals surface area contributed by atoms with Crippen LogP contribution in [-0.4, -0.2) is 25.6 Å². The number of hydrogen-bond donors (Lipinski definition) is 0. The van der Waals surface area contributed by atoms with Gasteiger partial charge < -0.3 is 9.47 Å². The fraction of sp³-hybridized carbons (Fsp3) is 0.182. The number of amides is 1. The van der Waals surface area contributed by atoms with Crippen molar-refractivity contribution in [1.82, 2.24) is 0 Å². The van der Waals surface area contributed by atoms with Gasteiger partial charge in [0.15, 0.2) is 0 Å². The molecule has 0 aromatic heterocycles. The van der Waals surface area contributed by atoms with E-state index < -0.39 is 5.97 Å². The molecule has 2 aromatic rings. The van der Waals surface area contributed by atoms with Gasteiger partial charge in [0.1, 0.15) is 5.75 Å². The Bertz CT molecular complexity index is 1010. The van der Waals surface area contributed by atoms with Crippen molar-refractivity contribution in [3.05, 3.63) is 74.9 Å². The van der Waals surface area contributed by atoms with E-state index in [1.54, 1.807) is 43.3 Å². The summed E-state index contributed by atoms with van der Waals surface area (Å²) in [6.07, 6.45) is 1.65. The molecule has 0 aliphatic carbocycles. The first kappa shape index (κ1) is 21.0. The molecule has 0 saturated heterocycles. The number of anilines is 1. The Kier molecular flexibility index (Phi) is 6.30. The van der Waals surface area contributed by atoms with Crippen LogP contribution in [0.15, 0.2) is 59.3 Å². The van der Waals surface area contributed by atoms with Gasteiger partial charge in [-0.1, -0.05) is 35.3 Å². The van der Waals surface area contributed by atoms with E-state index in [2.05, 4.69) is 0 Å². The summed E-state index contributed by atoms with van der Waals surface area (Å²) < 4.78 is 10.4. The number of hydrogen-bond acceptors (Lipinski definition) is 4. The van der Waals surface area contributed by atoms with Crippen LogP contribution >= 0.6 is 23.2 Å². The standard InChI is InChI=1S/C22H19Cl2NO4/c1-4-29-18-7-5-14(6-8-18)9-19-20(22(27)28-3)13(2)25(21(19)26)17-11-15(23)10-16(24)12-17/h5-12H,4H2,1-3H3/b19-9-. The average Bonchev–Trinajstić information content (AvgIpc) is 2.92. The monoisotopic (exact) mass is 431 g/mol. The molecule has 1 aliphatic heterocycles. The van der Waals surface area contributed by atoms with Crippen LogP contribution in [0.1, 0.15) is 19.4 Å². The van der Waals surface area contributed by atoms with E-state index in [0.717, 1.165) is 11.3 Å². The van der Waals surface area contributed by atoms with Crippen LogP contribution in [0, 0.1) is 0 Å². The lowest BCUT2D eigenvalue weighted by Crippen LogP contribution is -2.24. The van der Waals surface area contributed by atoms with Crippen molar-refractivity contribution in [2.45, 2.75) is 13.8 Å². The number of esters is 1. The second-order valence-electron chi connectivity index (χ2n) is 6.28. The van der Waals surface area contributed by atoms with Gasteiger partial charge >= 0.3 is 5.97 Å². The van der Waals surface area contributed by atoms with Gasteiger partial charge in [0.2, 0.25) is 0 Å². The molecule has 1 aliphatic rings.